The molecule has 0 heterocycles. The van der Waals surface area contributed by atoms with Crippen LogP contribution in [-0.2, 0) is 6.42 Å². The molecule has 0 fully saturated rings. The van der Waals surface area contributed by atoms with E-state index in [0.717, 1.165) is 24.5 Å². The number of hydrogen-bond donors (Lipinski definition) is 3. The lowest BCUT2D eigenvalue weighted by atomic mass is 10.0. The molecule has 2 aromatic carbocycles. The molecule has 0 saturated carbocycles. The van der Waals surface area contributed by atoms with E-state index in [0.29, 0.717) is 6.54 Å². The second-order valence-corrected chi connectivity index (χ2v) is 5.85. The van der Waals surface area contributed by atoms with Crippen molar-refractivity contribution in [3.05, 3.63) is 71.3 Å². The zero-order valence-electron chi connectivity index (χ0n) is 14.5. The van der Waals surface area contributed by atoms with E-state index >= 15 is 0 Å². The fourth-order valence-corrected chi connectivity index (χ4v) is 2.66. The molecule has 4 nitrogen and oxygen atoms in total. The predicted molar refractivity (Wildman–Crippen MR) is 101 cm³/mol. The van der Waals surface area contributed by atoms with Crippen molar-refractivity contribution in [3.8, 4) is 0 Å². The van der Waals surface area contributed by atoms with E-state index in [9.17, 15) is 5.11 Å². The van der Waals surface area contributed by atoms with Crippen molar-refractivity contribution in [1.82, 2.24) is 10.6 Å². The lowest BCUT2D eigenvalue weighted by Gasteiger charge is -2.18. The fraction of sp³-hybridized carbons (Fsp3) is 0.350. The molecule has 0 aliphatic heterocycles. The van der Waals surface area contributed by atoms with Crippen LogP contribution in [0.1, 0.15) is 22.6 Å². The fourth-order valence-electron chi connectivity index (χ4n) is 2.66. The number of guanidine groups is 1. The number of nitrogens with zero attached hydrogens (tertiary/aromatic N) is 1. The van der Waals surface area contributed by atoms with Crippen molar-refractivity contribution in [2.24, 2.45) is 4.99 Å². The van der Waals surface area contributed by atoms with Gasteiger partial charge in [0.05, 0.1) is 6.61 Å². The van der Waals surface area contributed by atoms with Gasteiger partial charge in [0, 0.05) is 26.1 Å². The van der Waals surface area contributed by atoms with Crippen molar-refractivity contribution in [2.75, 3.05) is 26.7 Å². The Hall–Kier alpha value is -2.33. The Balaban J connectivity index is 1.81. The minimum Gasteiger partial charge on any atom is -0.396 e. The van der Waals surface area contributed by atoms with Crippen LogP contribution in [0.15, 0.2) is 59.6 Å². The smallest absolute Gasteiger partial charge is 0.191 e. The molecular formula is C20H27N3O. The van der Waals surface area contributed by atoms with Gasteiger partial charge in [-0.25, -0.2) is 0 Å². The largest absolute Gasteiger partial charge is 0.396 e. The van der Waals surface area contributed by atoms with Gasteiger partial charge in [-0.05, 0) is 30.0 Å². The molecule has 0 aromatic heterocycles. The van der Waals surface area contributed by atoms with Crippen molar-refractivity contribution >= 4 is 5.96 Å². The summed E-state index contributed by atoms with van der Waals surface area (Å²) in [6.07, 6.45) is 0.954. The molecule has 2 aromatic rings. The van der Waals surface area contributed by atoms with Crippen LogP contribution in [0.2, 0.25) is 0 Å². The Morgan fingerprint density at radius 2 is 1.75 bits per heavy atom. The lowest BCUT2D eigenvalue weighted by Crippen LogP contribution is -2.40. The minimum atomic E-state index is 0.0566. The topological polar surface area (TPSA) is 56.7 Å². The zero-order valence-corrected chi connectivity index (χ0v) is 14.5. The number of benzene rings is 2. The van der Waals surface area contributed by atoms with Crippen molar-refractivity contribution in [3.63, 3.8) is 0 Å². The summed E-state index contributed by atoms with van der Waals surface area (Å²) in [5.74, 6) is 0.819. The second kappa shape index (κ2) is 9.73. The summed E-state index contributed by atoms with van der Waals surface area (Å²) < 4.78 is 0. The number of aryl methyl sites for hydroxylation is 1. The zero-order chi connectivity index (χ0) is 17.2. The number of aliphatic imine (C=N–C) groups is 1. The number of rotatable bonds is 7. The van der Waals surface area contributed by atoms with Crippen LogP contribution in [0.25, 0.3) is 0 Å². The van der Waals surface area contributed by atoms with Crippen LogP contribution in [-0.4, -0.2) is 37.8 Å². The molecule has 0 saturated heterocycles. The molecule has 128 valence electrons. The molecule has 0 bridgehead atoms. The molecule has 0 aliphatic carbocycles. The number of aliphatic hydroxyl groups excluding tert-OH is 1. The van der Waals surface area contributed by atoms with E-state index in [1.165, 1.54) is 11.1 Å². The van der Waals surface area contributed by atoms with Crippen molar-refractivity contribution in [2.45, 2.75) is 19.3 Å². The molecule has 2 rings (SSSR count). The summed E-state index contributed by atoms with van der Waals surface area (Å²) in [5, 5.41) is 16.3. The van der Waals surface area contributed by atoms with Gasteiger partial charge in [0.1, 0.15) is 0 Å². The molecule has 1 unspecified atom stereocenters. The van der Waals surface area contributed by atoms with E-state index in [-0.39, 0.29) is 12.5 Å². The first-order chi connectivity index (χ1) is 11.7. The van der Waals surface area contributed by atoms with Crippen LogP contribution < -0.4 is 10.6 Å². The monoisotopic (exact) mass is 325 g/mol. The first kappa shape index (κ1) is 18.0. The lowest BCUT2D eigenvalue weighted by molar-refractivity contribution is 0.265. The molecule has 4 heteroatoms. The Bertz CT molecular complexity index is 640. The molecule has 0 amide bonds. The first-order valence-corrected chi connectivity index (χ1v) is 8.39. The van der Waals surface area contributed by atoms with Gasteiger partial charge in [0.15, 0.2) is 5.96 Å². The third-order valence-corrected chi connectivity index (χ3v) is 4.18. The van der Waals surface area contributed by atoms with Crippen molar-refractivity contribution in [1.29, 1.82) is 0 Å². The van der Waals surface area contributed by atoms with Gasteiger partial charge in [-0.3, -0.25) is 4.99 Å². The maximum atomic E-state index is 9.62. The molecular weight excluding hydrogens is 298 g/mol. The number of aliphatic hydroxyl groups is 1. The maximum Gasteiger partial charge on any atom is 0.191 e. The van der Waals surface area contributed by atoms with Gasteiger partial charge in [0.2, 0.25) is 0 Å². The number of nitrogens with one attached hydrogen (secondary N) is 2. The van der Waals surface area contributed by atoms with E-state index in [4.69, 9.17) is 0 Å². The van der Waals surface area contributed by atoms with E-state index < -0.39 is 0 Å². The Labute approximate surface area is 144 Å². The van der Waals surface area contributed by atoms with Crippen LogP contribution in [0.3, 0.4) is 0 Å². The van der Waals surface area contributed by atoms with Gasteiger partial charge in [-0.2, -0.15) is 0 Å². The predicted octanol–water partition coefficient (Wildman–Crippen LogP) is 2.48. The summed E-state index contributed by atoms with van der Waals surface area (Å²) >= 11 is 0. The van der Waals surface area contributed by atoms with E-state index in [2.05, 4.69) is 46.8 Å². The minimum absolute atomic E-state index is 0.0566. The highest BCUT2D eigenvalue weighted by Gasteiger charge is 2.10. The quantitative estimate of drug-likeness (QED) is 0.541. The van der Waals surface area contributed by atoms with Crippen molar-refractivity contribution < 1.29 is 5.11 Å². The average Bonchev–Trinajstić information content (AvgIpc) is 2.63. The van der Waals surface area contributed by atoms with Gasteiger partial charge < -0.3 is 15.7 Å². The van der Waals surface area contributed by atoms with Crippen LogP contribution in [0.5, 0.6) is 0 Å². The van der Waals surface area contributed by atoms with E-state index in [1.54, 1.807) is 7.05 Å². The summed E-state index contributed by atoms with van der Waals surface area (Å²) in [5.41, 5.74) is 3.78. The molecule has 0 spiro atoms. The molecule has 0 aliphatic rings. The normalized spacial score (nSPS) is 12.7. The van der Waals surface area contributed by atoms with Gasteiger partial charge in [-0.1, -0.05) is 54.6 Å². The SMILES string of the molecule is CN=C(NCCc1ccccc1C)NCC(CO)c1ccccc1. The second-order valence-electron chi connectivity index (χ2n) is 5.85. The average molecular weight is 325 g/mol. The summed E-state index contributed by atoms with van der Waals surface area (Å²) in [4.78, 5) is 4.25. The molecule has 3 N–H and O–H groups in total. The van der Waals surface area contributed by atoms with Gasteiger partial charge >= 0.3 is 0 Å². The standard InChI is InChI=1S/C20H27N3O/c1-16-8-6-7-9-17(16)12-13-22-20(21-2)23-14-19(15-24)18-10-4-3-5-11-18/h3-11,19,24H,12-15H2,1-2H3,(H2,21,22,23). The van der Waals surface area contributed by atoms with Gasteiger partial charge in [0.25, 0.3) is 0 Å². The Morgan fingerprint density at radius 3 is 2.42 bits per heavy atom. The highest BCUT2D eigenvalue weighted by Crippen LogP contribution is 2.13. The highest BCUT2D eigenvalue weighted by atomic mass is 16.3. The highest BCUT2D eigenvalue weighted by molar-refractivity contribution is 5.79. The summed E-state index contributed by atoms with van der Waals surface area (Å²) in [6, 6.07) is 18.5. The van der Waals surface area contributed by atoms with Crippen LogP contribution >= 0.6 is 0 Å². The first-order valence-electron chi connectivity index (χ1n) is 8.39. The summed E-state index contributed by atoms with van der Waals surface area (Å²) in [7, 11) is 1.76. The molecule has 1 atom stereocenters. The summed E-state index contributed by atoms with van der Waals surface area (Å²) in [6.45, 7) is 3.70. The third-order valence-electron chi connectivity index (χ3n) is 4.18. The maximum absolute atomic E-state index is 9.62. The molecule has 24 heavy (non-hydrogen) atoms. The molecule has 0 radical (unpaired) electrons. The van der Waals surface area contributed by atoms with E-state index in [1.807, 2.05) is 30.3 Å². The van der Waals surface area contributed by atoms with Crippen LogP contribution in [0, 0.1) is 6.92 Å². The van der Waals surface area contributed by atoms with Gasteiger partial charge in [-0.15, -0.1) is 0 Å². The van der Waals surface area contributed by atoms with Crippen LogP contribution in [0.4, 0.5) is 0 Å². The Morgan fingerprint density at radius 1 is 1.04 bits per heavy atom. The number of hydrogen-bond acceptors (Lipinski definition) is 2. The Kier molecular flexibility index (Phi) is 7.30. The third kappa shape index (κ3) is 5.39.